The molecule has 126 valence electrons. The fourth-order valence-corrected chi connectivity index (χ4v) is 3.77. The fraction of sp³-hybridized carbons (Fsp3) is 0.611. The molecule has 1 aromatic carbocycles. The summed E-state index contributed by atoms with van der Waals surface area (Å²) in [6.07, 6.45) is 5.06. The molecule has 0 spiro atoms. The summed E-state index contributed by atoms with van der Waals surface area (Å²) in [5.41, 5.74) is 0.846. The number of hydrogen-bond acceptors (Lipinski definition) is 2. The summed E-state index contributed by atoms with van der Waals surface area (Å²) in [6, 6.07) is 4.53. The van der Waals surface area contributed by atoms with Crippen molar-refractivity contribution in [2.24, 2.45) is 5.92 Å². The number of carbonyl (C=O) groups excluding carboxylic acids is 1. The van der Waals surface area contributed by atoms with Crippen LogP contribution in [0.5, 0.6) is 0 Å². The third-order valence-electron chi connectivity index (χ3n) is 5.03. The fourth-order valence-electron chi connectivity index (χ4n) is 3.60. The molecule has 0 saturated carbocycles. The van der Waals surface area contributed by atoms with Gasteiger partial charge in [0.25, 0.3) is 0 Å². The minimum Gasteiger partial charge on any atom is -0.343 e. The SMILES string of the molecule is O=C(CC1CCN(Cc2cc(F)ccc2Cl)CC1)N1CCCC1. The molecule has 2 aliphatic heterocycles. The molecule has 0 atom stereocenters. The van der Waals surface area contributed by atoms with Crippen LogP contribution in [0.25, 0.3) is 0 Å². The minimum atomic E-state index is -0.240. The Balaban J connectivity index is 1.46. The van der Waals surface area contributed by atoms with E-state index in [0.717, 1.165) is 57.4 Å². The molecule has 0 bridgehead atoms. The lowest BCUT2D eigenvalue weighted by molar-refractivity contribution is -0.131. The van der Waals surface area contributed by atoms with E-state index in [2.05, 4.69) is 4.90 Å². The zero-order valence-corrected chi connectivity index (χ0v) is 14.2. The lowest BCUT2D eigenvalue weighted by atomic mass is 9.92. The summed E-state index contributed by atoms with van der Waals surface area (Å²) in [4.78, 5) is 16.5. The number of hydrogen-bond donors (Lipinski definition) is 0. The Kier molecular flexibility index (Phi) is 5.54. The van der Waals surface area contributed by atoms with Crippen LogP contribution in [0.15, 0.2) is 18.2 Å². The van der Waals surface area contributed by atoms with E-state index in [-0.39, 0.29) is 5.82 Å². The van der Waals surface area contributed by atoms with E-state index in [1.807, 2.05) is 4.90 Å². The van der Waals surface area contributed by atoms with Crippen molar-refractivity contribution in [1.82, 2.24) is 9.80 Å². The summed E-state index contributed by atoms with van der Waals surface area (Å²) in [6.45, 7) is 4.46. The first kappa shape index (κ1) is 16.7. The smallest absolute Gasteiger partial charge is 0.222 e. The van der Waals surface area contributed by atoms with Crippen molar-refractivity contribution in [1.29, 1.82) is 0 Å². The average molecular weight is 339 g/mol. The summed E-state index contributed by atoms with van der Waals surface area (Å²) >= 11 is 6.14. The second-order valence-electron chi connectivity index (χ2n) is 6.75. The van der Waals surface area contributed by atoms with Gasteiger partial charge in [-0.25, -0.2) is 4.39 Å². The van der Waals surface area contributed by atoms with Gasteiger partial charge in [-0.1, -0.05) is 11.6 Å². The van der Waals surface area contributed by atoms with Crippen LogP contribution in [0.2, 0.25) is 5.02 Å². The van der Waals surface area contributed by atoms with Gasteiger partial charge in [0, 0.05) is 31.1 Å². The second-order valence-corrected chi connectivity index (χ2v) is 7.15. The molecule has 5 heteroatoms. The van der Waals surface area contributed by atoms with Crippen LogP contribution < -0.4 is 0 Å². The molecular formula is C18H24ClFN2O. The minimum absolute atomic E-state index is 0.240. The van der Waals surface area contributed by atoms with Crippen LogP contribution in [0.3, 0.4) is 0 Å². The van der Waals surface area contributed by atoms with Crippen LogP contribution in [-0.2, 0) is 11.3 Å². The Hall–Kier alpha value is -1.13. The van der Waals surface area contributed by atoms with Gasteiger partial charge in [0.1, 0.15) is 5.82 Å². The van der Waals surface area contributed by atoms with E-state index in [1.54, 1.807) is 6.07 Å². The molecule has 0 N–H and O–H groups in total. The van der Waals surface area contributed by atoms with Gasteiger partial charge in [0.05, 0.1) is 0 Å². The predicted octanol–water partition coefficient (Wildman–Crippen LogP) is 3.70. The third-order valence-corrected chi connectivity index (χ3v) is 5.40. The summed E-state index contributed by atoms with van der Waals surface area (Å²) in [7, 11) is 0. The van der Waals surface area contributed by atoms with Gasteiger partial charge in [-0.3, -0.25) is 9.69 Å². The molecule has 23 heavy (non-hydrogen) atoms. The van der Waals surface area contributed by atoms with Crippen molar-refractivity contribution < 1.29 is 9.18 Å². The van der Waals surface area contributed by atoms with Crippen LogP contribution in [-0.4, -0.2) is 41.9 Å². The second kappa shape index (κ2) is 7.63. The van der Waals surface area contributed by atoms with Crippen molar-refractivity contribution in [3.05, 3.63) is 34.6 Å². The molecule has 1 amide bonds. The first-order valence-electron chi connectivity index (χ1n) is 8.56. The average Bonchev–Trinajstić information content (AvgIpc) is 3.07. The highest BCUT2D eigenvalue weighted by Crippen LogP contribution is 2.25. The van der Waals surface area contributed by atoms with E-state index in [0.29, 0.717) is 29.8 Å². The van der Waals surface area contributed by atoms with Crippen LogP contribution in [0, 0.1) is 11.7 Å². The number of rotatable bonds is 4. The number of nitrogens with zero attached hydrogens (tertiary/aromatic N) is 2. The number of amides is 1. The van der Waals surface area contributed by atoms with Crippen molar-refractivity contribution in [3.8, 4) is 0 Å². The topological polar surface area (TPSA) is 23.6 Å². The van der Waals surface area contributed by atoms with Crippen LogP contribution in [0.1, 0.15) is 37.7 Å². The molecule has 1 aromatic rings. The maximum Gasteiger partial charge on any atom is 0.222 e. The first-order chi connectivity index (χ1) is 11.1. The van der Waals surface area contributed by atoms with Crippen LogP contribution >= 0.6 is 11.6 Å². The molecule has 2 fully saturated rings. The Morgan fingerprint density at radius 1 is 1.17 bits per heavy atom. The molecule has 0 aromatic heterocycles. The van der Waals surface area contributed by atoms with Gasteiger partial charge in [-0.05, 0) is 68.5 Å². The lowest BCUT2D eigenvalue weighted by Gasteiger charge is -2.32. The normalized spacial score (nSPS) is 20.2. The summed E-state index contributed by atoms with van der Waals surface area (Å²) in [5, 5.41) is 0.623. The number of piperidine rings is 1. The van der Waals surface area contributed by atoms with E-state index >= 15 is 0 Å². The maximum absolute atomic E-state index is 13.3. The Morgan fingerprint density at radius 3 is 2.57 bits per heavy atom. The van der Waals surface area contributed by atoms with E-state index in [4.69, 9.17) is 11.6 Å². The number of halogens is 2. The molecule has 2 aliphatic rings. The molecule has 2 saturated heterocycles. The van der Waals surface area contributed by atoms with Gasteiger partial charge < -0.3 is 4.90 Å². The van der Waals surface area contributed by atoms with Crippen molar-refractivity contribution in [2.75, 3.05) is 26.2 Å². The highest BCUT2D eigenvalue weighted by atomic mass is 35.5. The van der Waals surface area contributed by atoms with E-state index in [1.165, 1.54) is 12.1 Å². The van der Waals surface area contributed by atoms with Gasteiger partial charge in [-0.2, -0.15) is 0 Å². The largest absolute Gasteiger partial charge is 0.343 e. The molecule has 0 unspecified atom stereocenters. The lowest BCUT2D eigenvalue weighted by Crippen LogP contribution is -2.36. The summed E-state index contributed by atoms with van der Waals surface area (Å²) in [5.74, 6) is 0.576. The Bertz CT molecular complexity index is 552. The number of carbonyl (C=O) groups is 1. The predicted molar refractivity (Wildman–Crippen MR) is 89.8 cm³/mol. The highest BCUT2D eigenvalue weighted by molar-refractivity contribution is 6.31. The van der Waals surface area contributed by atoms with E-state index in [9.17, 15) is 9.18 Å². The third kappa shape index (κ3) is 4.45. The van der Waals surface area contributed by atoms with E-state index < -0.39 is 0 Å². The summed E-state index contributed by atoms with van der Waals surface area (Å²) < 4.78 is 13.3. The van der Waals surface area contributed by atoms with Gasteiger partial charge in [-0.15, -0.1) is 0 Å². The zero-order valence-electron chi connectivity index (χ0n) is 13.4. The number of likely N-dealkylation sites (tertiary alicyclic amines) is 2. The highest BCUT2D eigenvalue weighted by Gasteiger charge is 2.25. The van der Waals surface area contributed by atoms with Gasteiger partial charge in [0.2, 0.25) is 5.91 Å². The number of benzene rings is 1. The molecular weight excluding hydrogens is 315 g/mol. The quantitative estimate of drug-likeness (QED) is 0.835. The van der Waals surface area contributed by atoms with Crippen LogP contribution in [0.4, 0.5) is 4.39 Å². The molecule has 2 heterocycles. The first-order valence-corrected chi connectivity index (χ1v) is 8.93. The van der Waals surface area contributed by atoms with Crippen molar-refractivity contribution >= 4 is 17.5 Å². The molecule has 0 aliphatic carbocycles. The molecule has 0 radical (unpaired) electrons. The molecule has 3 nitrogen and oxygen atoms in total. The maximum atomic E-state index is 13.3. The monoisotopic (exact) mass is 338 g/mol. The van der Waals surface area contributed by atoms with Gasteiger partial charge >= 0.3 is 0 Å². The Labute approximate surface area is 142 Å². The van der Waals surface area contributed by atoms with Crippen molar-refractivity contribution in [2.45, 2.75) is 38.6 Å². The standard InChI is InChI=1S/C18H24ClFN2O/c19-17-4-3-16(20)12-15(17)13-21-9-5-14(6-10-21)11-18(23)22-7-1-2-8-22/h3-4,12,14H,1-2,5-11,13H2. The molecule has 3 rings (SSSR count). The van der Waals surface area contributed by atoms with Crippen molar-refractivity contribution in [3.63, 3.8) is 0 Å². The Morgan fingerprint density at radius 2 is 1.87 bits per heavy atom. The zero-order chi connectivity index (χ0) is 16.2. The van der Waals surface area contributed by atoms with Gasteiger partial charge in [0.15, 0.2) is 0 Å².